The first-order chi connectivity index (χ1) is 11.7. The molecule has 0 aliphatic rings. The maximum atomic E-state index is 11.9. The average Bonchev–Trinajstić information content (AvgIpc) is 2.61. The van der Waals surface area contributed by atoms with Crippen molar-refractivity contribution in [2.75, 3.05) is 25.6 Å². The number of hydrogen-bond donors (Lipinski definition) is 1. The van der Waals surface area contributed by atoms with Crippen molar-refractivity contribution in [2.45, 2.75) is 19.8 Å². The van der Waals surface area contributed by atoms with E-state index in [4.69, 9.17) is 14.2 Å². The van der Waals surface area contributed by atoms with Gasteiger partial charge in [-0.05, 0) is 42.8 Å². The fourth-order valence-corrected chi connectivity index (χ4v) is 2.01. The summed E-state index contributed by atoms with van der Waals surface area (Å²) >= 11 is 0. The summed E-state index contributed by atoms with van der Waals surface area (Å²) in [5, 5.41) is 2.77. The van der Waals surface area contributed by atoms with E-state index in [1.54, 1.807) is 43.5 Å². The first kappa shape index (κ1) is 17.7. The van der Waals surface area contributed by atoms with Gasteiger partial charge < -0.3 is 19.5 Å². The number of methoxy groups -OCH3 is 1. The van der Waals surface area contributed by atoms with Crippen LogP contribution < -0.4 is 19.5 Å². The summed E-state index contributed by atoms with van der Waals surface area (Å²) < 4.78 is 16.2. The molecular formula is C19H23NO4. The Hall–Kier alpha value is -2.69. The van der Waals surface area contributed by atoms with Crippen molar-refractivity contribution < 1.29 is 19.0 Å². The molecule has 0 heterocycles. The van der Waals surface area contributed by atoms with Crippen LogP contribution in [0, 0.1) is 0 Å². The van der Waals surface area contributed by atoms with Gasteiger partial charge in [-0.25, -0.2) is 0 Å². The molecule has 5 heteroatoms. The van der Waals surface area contributed by atoms with E-state index in [-0.39, 0.29) is 12.5 Å². The molecule has 1 N–H and O–H groups in total. The average molecular weight is 329 g/mol. The maximum Gasteiger partial charge on any atom is 0.262 e. The van der Waals surface area contributed by atoms with Gasteiger partial charge in [0.1, 0.15) is 17.2 Å². The molecule has 2 aromatic carbocycles. The van der Waals surface area contributed by atoms with Gasteiger partial charge in [0.25, 0.3) is 5.91 Å². The van der Waals surface area contributed by atoms with Gasteiger partial charge in [0.2, 0.25) is 0 Å². The fourth-order valence-electron chi connectivity index (χ4n) is 2.01. The minimum Gasteiger partial charge on any atom is -0.497 e. The van der Waals surface area contributed by atoms with Crippen molar-refractivity contribution in [1.82, 2.24) is 0 Å². The number of amides is 1. The third-order valence-electron chi connectivity index (χ3n) is 3.32. The standard InChI is InChI=1S/C19H23NO4/c1-3-4-12-23-17-6-5-7-18(13-17)24-14-19(21)20-15-8-10-16(22-2)11-9-15/h5-11,13H,3-4,12,14H2,1-2H3,(H,20,21). The predicted molar refractivity (Wildman–Crippen MR) is 94.0 cm³/mol. The van der Waals surface area contributed by atoms with Crippen LogP contribution >= 0.6 is 0 Å². The Morgan fingerprint density at radius 2 is 1.71 bits per heavy atom. The Morgan fingerprint density at radius 1 is 1.00 bits per heavy atom. The first-order valence-electron chi connectivity index (χ1n) is 8.01. The molecule has 0 aromatic heterocycles. The molecule has 0 bridgehead atoms. The van der Waals surface area contributed by atoms with Crippen LogP contribution in [0.25, 0.3) is 0 Å². The highest BCUT2D eigenvalue weighted by atomic mass is 16.5. The van der Waals surface area contributed by atoms with E-state index >= 15 is 0 Å². The Bertz CT molecular complexity index is 640. The van der Waals surface area contributed by atoms with Crippen molar-refractivity contribution in [3.05, 3.63) is 48.5 Å². The SMILES string of the molecule is CCCCOc1cccc(OCC(=O)Nc2ccc(OC)cc2)c1. The van der Waals surface area contributed by atoms with Gasteiger partial charge in [-0.15, -0.1) is 0 Å². The number of benzene rings is 2. The Labute approximate surface area is 142 Å². The van der Waals surface area contributed by atoms with Crippen LogP contribution in [0.3, 0.4) is 0 Å². The van der Waals surface area contributed by atoms with Gasteiger partial charge in [-0.2, -0.15) is 0 Å². The zero-order valence-corrected chi connectivity index (χ0v) is 14.1. The summed E-state index contributed by atoms with van der Waals surface area (Å²) in [6.45, 7) is 2.73. The topological polar surface area (TPSA) is 56.8 Å². The number of anilines is 1. The lowest BCUT2D eigenvalue weighted by molar-refractivity contribution is -0.118. The third kappa shape index (κ3) is 5.83. The van der Waals surface area contributed by atoms with E-state index < -0.39 is 0 Å². The second-order valence-corrected chi connectivity index (χ2v) is 5.24. The molecule has 0 unspecified atom stereocenters. The number of rotatable bonds is 9. The fraction of sp³-hybridized carbons (Fsp3) is 0.316. The summed E-state index contributed by atoms with van der Waals surface area (Å²) in [6, 6.07) is 14.4. The third-order valence-corrected chi connectivity index (χ3v) is 3.32. The van der Waals surface area contributed by atoms with Crippen molar-refractivity contribution >= 4 is 11.6 Å². The first-order valence-corrected chi connectivity index (χ1v) is 8.01. The molecule has 0 saturated heterocycles. The van der Waals surface area contributed by atoms with E-state index in [0.717, 1.165) is 24.3 Å². The molecule has 2 aromatic rings. The second kappa shape index (κ2) is 9.45. The molecule has 0 atom stereocenters. The molecule has 0 spiro atoms. The van der Waals surface area contributed by atoms with E-state index in [2.05, 4.69) is 12.2 Å². The molecule has 24 heavy (non-hydrogen) atoms. The van der Waals surface area contributed by atoms with Crippen molar-refractivity contribution in [1.29, 1.82) is 0 Å². The van der Waals surface area contributed by atoms with Crippen LogP contribution in [0.5, 0.6) is 17.2 Å². The minimum atomic E-state index is -0.225. The van der Waals surface area contributed by atoms with Crippen LogP contribution in [0.15, 0.2) is 48.5 Å². The lowest BCUT2D eigenvalue weighted by Gasteiger charge is -2.10. The van der Waals surface area contributed by atoms with Crippen LogP contribution in [0.1, 0.15) is 19.8 Å². The zero-order valence-electron chi connectivity index (χ0n) is 14.1. The van der Waals surface area contributed by atoms with Gasteiger partial charge in [-0.3, -0.25) is 4.79 Å². The van der Waals surface area contributed by atoms with Crippen LogP contribution in [-0.4, -0.2) is 26.2 Å². The van der Waals surface area contributed by atoms with E-state index in [1.807, 2.05) is 12.1 Å². The van der Waals surface area contributed by atoms with Crippen LogP contribution in [-0.2, 0) is 4.79 Å². The van der Waals surface area contributed by atoms with Gasteiger partial charge in [-0.1, -0.05) is 19.4 Å². The summed E-state index contributed by atoms with van der Waals surface area (Å²) in [5.41, 5.74) is 0.695. The van der Waals surface area contributed by atoms with Gasteiger partial charge in [0.15, 0.2) is 6.61 Å². The van der Waals surface area contributed by atoms with Crippen molar-refractivity contribution in [2.24, 2.45) is 0 Å². The Morgan fingerprint density at radius 3 is 2.38 bits per heavy atom. The molecule has 0 aliphatic heterocycles. The van der Waals surface area contributed by atoms with E-state index in [1.165, 1.54) is 0 Å². The molecule has 128 valence electrons. The van der Waals surface area contributed by atoms with Crippen LogP contribution in [0.4, 0.5) is 5.69 Å². The quantitative estimate of drug-likeness (QED) is 0.709. The van der Waals surface area contributed by atoms with Crippen LogP contribution in [0.2, 0.25) is 0 Å². The zero-order chi connectivity index (χ0) is 17.2. The van der Waals surface area contributed by atoms with E-state index in [0.29, 0.717) is 18.0 Å². The predicted octanol–water partition coefficient (Wildman–Crippen LogP) is 3.89. The molecule has 5 nitrogen and oxygen atoms in total. The molecule has 0 radical (unpaired) electrons. The van der Waals surface area contributed by atoms with Gasteiger partial charge in [0.05, 0.1) is 13.7 Å². The highest BCUT2D eigenvalue weighted by Crippen LogP contribution is 2.20. The summed E-state index contributed by atoms with van der Waals surface area (Å²) in [5.74, 6) is 1.87. The second-order valence-electron chi connectivity index (χ2n) is 5.24. The normalized spacial score (nSPS) is 10.1. The number of carbonyl (C=O) groups excluding carboxylic acids is 1. The van der Waals surface area contributed by atoms with Gasteiger partial charge >= 0.3 is 0 Å². The number of nitrogens with one attached hydrogen (secondary N) is 1. The number of unbranched alkanes of at least 4 members (excludes halogenated alkanes) is 1. The Kier molecular flexibility index (Phi) is 6.95. The number of ether oxygens (including phenoxy) is 3. The summed E-state index contributed by atoms with van der Waals surface area (Å²) in [4.78, 5) is 11.9. The van der Waals surface area contributed by atoms with Crippen molar-refractivity contribution in [3.8, 4) is 17.2 Å². The molecule has 0 saturated carbocycles. The molecule has 1 amide bonds. The smallest absolute Gasteiger partial charge is 0.262 e. The maximum absolute atomic E-state index is 11.9. The summed E-state index contributed by atoms with van der Waals surface area (Å²) in [7, 11) is 1.60. The number of carbonyl (C=O) groups is 1. The summed E-state index contributed by atoms with van der Waals surface area (Å²) in [6.07, 6.45) is 2.09. The van der Waals surface area contributed by atoms with Gasteiger partial charge in [0, 0.05) is 11.8 Å². The Balaban J connectivity index is 1.81. The highest BCUT2D eigenvalue weighted by Gasteiger charge is 2.05. The molecule has 0 aliphatic carbocycles. The largest absolute Gasteiger partial charge is 0.497 e. The lowest BCUT2D eigenvalue weighted by atomic mass is 10.3. The highest BCUT2D eigenvalue weighted by molar-refractivity contribution is 5.91. The van der Waals surface area contributed by atoms with E-state index in [9.17, 15) is 4.79 Å². The number of hydrogen-bond acceptors (Lipinski definition) is 4. The molecule has 0 fully saturated rings. The van der Waals surface area contributed by atoms with Crippen molar-refractivity contribution in [3.63, 3.8) is 0 Å². The monoisotopic (exact) mass is 329 g/mol. The molecular weight excluding hydrogens is 306 g/mol. The minimum absolute atomic E-state index is 0.0650. The lowest BCUT2D eigenvalue weighted by Crippen LogP contribution is -2.20. The molecule has 2 rings (SSSR count).